The maximum atomic E-state index is 11.9. The highest BCUT2D eigenvalue weighted by Gasteiger charge is 2.09. The van der Waals surface area contributed by atoms with Crippen molar-refractivity contribution < 1.29 is 4.79 Å². The van der Waals surface area contributed by atoms with Crippen molar-refractivity contribution in [3.8, 4) is 0 Å². The molecule has 1 amide bonds. The summed E-state index contributed by atoms with van der Waals surface area (Å²) in [7, 11) is 0. The molecule has 0 aliphatic carbocycles. The van der Waals surface area contributed by atoms with Crippen molar-refractivity contribution in [2.24, 2.45) is 5.92 Å². The minimum atomic E-state index is -0.0612. The number of amides is 1. The van der Waals surface area contributed by atoms with Crippen LogP contribution in [0.25, 0.3) is 4.96 Å². The van der Waals surface area contributed by atoms with Gasteiger partial charge in [-0.1, -0.05) is 13.8 Å². The van der Waals surface area contributed by atoms with Gasteiger partial charge in [-0.15, -0.1) is 11.3 Å². The smallest absolute Gasteiger partial charge is 0.258 e. The van der Waals surface area contributed by atoms with E-state index in [-0.39, 0.29) is 17.4 Å². The van der Waals surface area contributed by atoms with E-state index in [4.69, 9.17) is 0 Å². The fourth-order valence-electron chi connectivity index (χ4n) is 1.78. The summed E-state index contributed by atoms with van der Waals surface area (Å²) in [5.74, 6) is 0.00658. The molecule has 0 fully saturated rings. The molecule has 2 aromatic rings. The summed E-state index contributed by atoms with van der Waals surface area (Å²) < 4.78 is 1.61. The lowest BCUT2D eigenvalue weighted by Crippen LogP contribution is -2.30. The maximum absolute atomic E-state index is 11.9. The number of carbonyl (C=O) groups excluding carboxylic acids is 1. The van der Waals surface area contributed by atoms with Crippen molar-refractivity contribution in [2.75, 3.05) is 6.54 Å². The Labute approximate surface area is 115 Å². The Morgan fingerprint density at radius 1 is 1.53 bits per heavy atom. The summed E-state index contributed by atoms with van der Waals surface area (Å²) in [6.45, 7) is 6.05. The molecule has 0 radical (unpaired) electrons. The van der Waals surface area contributed by atoms with Gasteiger partial charge in [0.1, 0.15) is 0 Å². The highest BCUT2D eigenvalue weighted by atomic mass is 32.1. The largest absolute Gasteiger partial charge is 0.355 e. The lowest BCUT2D eigenvalue weighted by molar-refractivity contribution is -0.123. The van der Waals surface area contributed by atoms with Gasteiger partial charge >= 0.3 is 0 Å². The number of carbonyl (C=O) groups is 1. The Hall–Kier alpha value is -1.69. The van der Waals surface area contributed by atoms with Crippen LogP contribution in [-0.2, 0) is 11.2 Å². The number of aromatic nitrogens is 2. The summed E-state index contributed by atoms with van der Waals surface area (Å²) in [6, 6.07) is 1.52. The number of nitrogens with one attached hydrogen (secondary N) is 1. The first kappa shape index (κ1) is 13.7. The quantitative estimate of drug-likeness (QED) is 0.919. The van der Waals surface area contributed by atoms with Gasteiger partial charge in [0, 0.05) is 41.7 Å². The SMILES string of the molecule is Cc1cc(=O)n2c(CCNC(=O)C(C)C)csc2n1. The zero-order chi connectivity index (χ0) is 14.0. The van der Waals surface area contributed by atoms with Crippen LogP contribution in [0.2, 0.25) is 0 Å². The van der Waals surface area contributed by atoms with E-state index in [0.717, 1.165) is 11.4 Å². The van der Waals surface area contributed by atoms with Crippen LogP contribution in [-0.4, -0.2) is 21.8 Å². The topological polar surface area (TPSA) is 63.5 Å². The Morgan fingerprint density at radius 3 is 2.95 bits per heavy atom. The van der Waals surface area contributed by atoms with Crippen LogP contribution in [0, 0.1) is 12.8 Å². The van der Waals surface area contributed by atoms with E-state index in [1.807, 2.05) is 26.2 Å². The van der Waals surface area contributed by atoms with Crippen LogP contribution < -0.4 is 10.9 Å². The van der Waals surface area contributed by atoms with Crippen molar-refractivity contribution in [1.82, 2.24) is 14.7 Å². The van der Waals surface area contributed by atoms with Crippen LogP contribution in [0.5, 0.6) is 0 Å². The fourth-order valence-corrected chi connectivity index (χ4v) is 2.75. The van der Waals surface area contributed by atoms with Gasteiger partial charge in [0.2, 0.25) is 5.91 Å². The summed E-state index contributed by atoms with van der Waals surface area (Å²) in [5.41, 5.74) is 1.56. The first-order chi connectivity index (χ1) is 8.99. The monoisotopic (exact) mass is 279 g/mol. The van der Waals surface area contributed by atoms with E-state index >= 15 is 0 Å². The number of hydrogen-bond acceptors (Lipinski definition) is 4. The average Bonchev–Trinajstić information content (AvgIpc) is 2.72. The molecule has 6 heteroatoms. The van der Waals surface area contributed by atoms with Crippen LogP contribution in [0.1, 0.15) is 25.2 Å². The highest BCUT2D eigenvalue weighted by Crippen LogP contribution is 2.12. The van der Waals surface area contributed by atoms with E-state index < -0.39 is 0 Å². The van der Waals surface area contributed by atoms with Crippen LogP contribution >= 0.6 is 11.3 Å². The standard InChI is InChI=1S/C13H17N3O2S/c1-8(2)12(18)14-5-4-10-7-19-13-15-9(3)6-11(17)16(10)13/h6-8H,4-5H2,1-3H3,(H,14,18). The third-order valence-corrected chi connectivity index (χ3v) is 3.68. The molecule has 0 aliphatic heterocycles. The Morgan fingerprint density at radius 2 is 2.26 bits per heavy atom. The third kappa shape index (κ3) is 3.01. The number of nitrogens with zero attached hydrogens (tertiary/aromatic N) is 2. The molecule has 5 nitrogen and oxygen atoms in total. The van der Waals surface area contributed by atoms with E-state index in [9.17, 15) is 9.59 Å². The second-order valence-corrected chi connectivity index (χ2v) is 5.61. The van der Waals surface area contributed by atoms with E-state index in [1.54, 1.807) is 4.40 Å². The van der Waals surface area contributed by atoms with Crippen molar-refractivity contribution >= 4 is 22.2 Å². The molecule has 1 N–H and O–H groups in total. The van der Waals surface area contributed by atoms with Crippen molar-refractivity contribution in [1.29, 1.82) is 0 Å². The van der Waals surface area contributed by atoms with Gasteiger partial charge < -0.3 is 5.32 Å². The molecule has 2 rings (SSSR count). The molecular weight excluding hydrogens is 262 g/mol. The second-order valence-electron chi connectivity index (χ2n) is 4.78. The van der Waals surface area contributed by atoms with Gasteiger partial charge in [-0.25, -0.2) is 4.98 Å². The van der Waals surface area contributed by atoms with Gasteiger partial charge in [-0.05, 0) is 6.92 Å². The van der Waals surface area contributed by atoms with Gasteiger partial charge in [-0.2, -0.15) is 0 Å². The van der Waals surface area contributed by atoms with Gasteiger partial charge in [-0.3, -0.25) is 14.0 Å². The number of fused-ring (bicyclic) bond motifs is 1. The van der Waals surface area contributed by atoms with E-state index in [1.165, 1.54) is 17.4 Å². The molecule has 0 atom stereocenters. The van der Waals surface area contributed by atoms with Crippen molar-refractivity contribution in [3.63, 3.8) is 0 Å². The summed E-state index contributed by atoms with van der Waals surface area (Å²) in [4.78, 5) is 28.4. The number of thiazole rings is 1. The first-order valence-corrected chi connectivity index (χ1v) is 7.11. The first-order valence-electron chi connectivity index (χ1n) is 6.23. The van der Waals surface area contributed by atoms with E-state index in [0.29, 0.717) is 17.9 Å². The molecule has 0 spiro atoms. The van der Waals surface area contributed by atoms with Gasteiger partial charge in [0.25, 0.3) is 5.56 Å². The summed E-state index contributed by atoms with van der Waals surface area (Å²) >= 11 is 1.45. The van der Waals surface area contributed by atoms with Gasteiger partial charge in [0.15, 0.2) is 4.96 Å². The summed E-state index contributed by atoms with van der Waals surface area (Å²) in [6.07, 6.45) is 0.628. The lowest BCUT2D eigenvalue weighted by Gasteiger charge is -2.07. The lowest BCUT2D eigenvalue weighted by atomic mass is 10.2. The Kier molecular flexibility index (Phi) is 3.99. The zero-order valence-electron chi connectivity index (χ0n) is 11.3. The summed E-state index contributed by atoms with van der Waals surface area (Å²) in [5, 5.41) is 4.77. The van der Waals surface area contributed by atoms with E-state index in [2.05, 4.69) is 10.3 Å². The third-order valence-electron chi connectivity index (χ3n) is 2.81. The zero-order valence-corrected chi connectivity index (χ0v) is 12.1. The molecule has 2 heterocycles. The average molecular weight is 279 g/mol. The van der Waals surface area contributed by atoms with Gasteiger partial charge in [0.05, 0.1) is 0 Å². The predicted octanol–water partition coefficient (Wildman–Crippen LogP) is 1.38. The molecule has 19 heavy (non-hydrogen) atoms. The number of rotatable bonds is 4. The Balaban J connectivity index is 2.14. The molecule has 0 saturated heterocycles. The molecule has 0 aliphatic rings. The van der Waals surface area contributed by atoms with Crippen LogP contribution in [0.4, 0.5) is 0 Å². The number of hydrogen-bond donors (Lipinski definition) is 1. The second kappa shape index (κ2) is 5.52. The minimum absolute atomic E-state index is 0.0220. The molecule has 0 unspecified atom stereocenters. The number of aryl methyl sites for hydroxylation is 1. The normalized spacial score (nSPS) is 11.2. The highest BCUT2D eigenvalue weighted by molar-refractivity contribution is 7.15. The Bertz CT molecular complexity index is 657. The molecule has 102 valence electrons. The maximum Gasteiger partial charge on any atom is 0.258 e. The molecule has 0 bridgehead atoms. The molecular formula is C13H17N3O2S. The van der Waals surface area contributed by atoms with Crippen LogP contribution in [0.15, 0.2) is 16.2 Å². The molecule has 0 aromatic carbocycles. The fraction of sp³-hybridized carbons (Fsp3) is 0.462. The minimum Gasteiger partial charge on any atom is -0.355 e. The van der Waals surface area contributed by atoms with Crippen LogP contribution in [0.3, 0.4) is 0 Å². The van der Waals surface area contributed by atoms with Crippen molar-refractivity contribution in [2.45, 2.75) is 27.2 Å². The molecule has 0 saturated carbocycles. The molecule has 2 aromatic heterocycles. The predicted molar refractivity (Wildman–Crippen MR) is 75.6 cm³/mol. The van der Waals surface area contributed by atoms with Crippen molar-refractivity contribution in [3.05, 3.63) is 33.2 Å².